The van der Waals surface area contributed by atoms with Crippen molar-refractivity contribution >= 4 is 26.0 Å². The molecule has 5 nitrogen and oxygen atoms in total. The highest BCUT2D eigenvalue weighted by molar-refractivity contribution is 9.10. The smallest absolute Gasteiger partial charge is 0.259 e. The average molecular weight is 330 g/mol. The molecule has 7 heteroatoms. The molecule has 1 N–H and O–H groups in total. The molecule has 0 amide bonds. The molecule has 1 aromatic carbocycles. The van der Waals surface area contributed by atoms with Crippen LogP contribution in [0.2, 0.25) is 0 Å². The van der Waals surface area contributed by atoms with Gasteiger partial charge in [-0.1, -0.05) is 28.1 Å². The molecule has 0 saturated carbocycles. The highest BCUT2D eigenvalue weighted by atomic mass is 79.9. The minimum atomic E-state index is -3.55. The predicted molar refractivity (Wildman–Crippen MR) is 71.4 cm³/mol. The molecule has 0 unspecified atom stereocenters. The Labute approximate surface area is 114 Å². The second kappa shape index (κ2) is 5.21. The lowest BCUT2D eigenvalue weighted by Crippen LogP contribution is -2.23. The van der Waals surface area contributed by atoms with Crippen LogP contribution in [0.25, 0.3) is 0 Å². The summed E-state index contributed by atoms with van der Waals surface area (Å²) in [5.41, 5.74) is 0.879. The van der Waals surface area contributed by atoms with Crippen LogP contribution < -0.4 is 4.72 Å². The SMILES string of the molecule is Cn1cnc(S(=O)(=O)NCc2cccc(Br)c2)c1. The maximum atomic E-state index is 11.9. The molecule has 0 aliphatic carbocycles. The molecule has 0 aliphatic rings. The topological polar surface area (TPSA) is 64.0 Å². The molecule has 96 valence electrons. The summed E-state index contributed by atoms with van der Waals surface area (Å²) >= 11 is 3.34. The Morgan fingerprint density at radius 2 is 2.22 bits per heavy atom. The number of halogens is 1. The highest BCUT2D eigenvalue weighted by Gasteiger charge is 2.16. The van der Waals surface area contributed by atoms with Gasteiger partial charge in [0, 0.05) is 24.3 Å². The molecular weight excluding hydrogens is 318 g/mol. The number of imidazole rings is 1. The zero-order valence-corrected chi connectivity index (χ0v) is 12.1. The van der Waals surface area contributed by atoms with E-state index in [0.717, 1.165) is 10.0 Å². The van der Waals surface area contributed by atoms with Gasteiger partial charge in [0.2, 0.25) is 0 Å². The fourth-order valence-corrected chi connectivity index (χ4v) is 2.87. The van der Waals surface area contributed by atoms with Crippen molar-refractivity contribution in [2.24, 2.45) is 7.05 Å². The van der Waals surface area contributed by atoms with Crippen molar-refractivity contribution in [1.82, 2.24) is 14.3 Å². The van der Waals surface area contributed by atoms with Crippen LogP contribution in [0.1, 0.15) is 5.56 Å². The predicted octanol–water partition coefficient (Wildman–Crippen LogP) is 1.66. The van der Waals surface area contributed by atoms with Crippen LogP contribution in [0.15, 0.2) is 46.3 Å². The fourth-order valence-electron chi connectivity index (χ4n) is 1.43. The number of sulfonamides is 1. The molecule has 18 heavy (non-hydrogen) atoms. The summed E-state index contributed by atoms with van der Waals surface area (Å²) in [6, 6.07) is 7.46. The number of nitrogens with zero attached hydrogens (tertiary/aromatic N) is 2. The minimum absolute atomic E-state index is 0.0278. The van der Waals surface area contributed by atoms with E-state index in [-0.39, 0.29) is 11.6 Å². The maximum Gasteiger partial charge on any atom is 0.259 e. The molecule has 1 aromatic heterocycles. The molecule has 0 fully saturated rings. The second-order valence-electron chi connectivity index (χ2n) is 3.83. The number of nitrogens with one attached hydrogen (secondary N) is 1. The summed E-state index contributed by atoms with van der Waals surface area (Å²) in [5.74, 6) is 0. The summed E-state index contributed by atoms with van der Waals surface area (Å²) in [5, 5.41) is 0.0278. The standard InChI is InChI=1S/C11H12BrN3O2S/c1-15-7-11(13-8-15)18(16,17)14-6-9-3-2-4-10(12)5-9/h2-5,7-8,14H,6H2,1H3. The lowest BCUT2D eigenvalue weighted by atomic mass is 10.2. The van der Waals surface area contributed by atoms with E-state index < -0.39 is 10.0 Å². The van der Waals surface area contributed by atoms with Crippen LogP contribution in [0.4, 0.5) is 0 Å². The third kappa shape index (κ3) is 3.18. The Morgan fingerprint density at radius 3 is 2.83 bits per heavy atom. The maximum absolute atomic E-state index is 11.9. The normalized spacial score (nSPS) is 11.7. The summed E-state index contributed by atoms with van der Waals surface area (Å²) < 4.78 is 28.8. The molecule has 2 rings (SSSR count). The lowest BCUT2D eigenvalue weighted by molar-refractivity contribution is 0.578. The Morgan fingerprint density at radius 1 is 1.44 bits per heavy atom. The first-order valence-corrected chi connectivity index (χ1v) is 7.47. The van der Waals surface area contributed by atoms with Gasteiger partial charge in [0.1, 0.15) is 0 Å². The molecule has 0 bridgehead atoms. The Bertz CT molecular complexity index is 652. The number of hydrogen-bond acceptors (Lipinski definition) is 3. The Kier molecular flexibility index (Phi) is 3.84. The van der Waals surface area contributed by atoms with E-state index in [2.05, 4.69) is 25.6 Å². The number of hydrogen-bond donors (Lipinski definition) is 1. The van der Waals surface area contributed by atoms with Crippen molar-refractivity contribution in [1.29, 1.82) is 0 Å². The van der Waals surface area contributed by atoms with Crippen molar-refractivity contribution in [2.45, 2.75) is 11.6 Å². The summed E-state index contributed by atoms with van der Waals surface area (Å²) in [4.78, 5) is 3.82. The van der Waals surface area contributed by atoms with Gasteiger partial charge in [-0.15, -0.1) is 0 Å². The molecule has 0 atom stereocenters. The summed E-state index contributed by atoms with van der Waals surface area (Å²) in [7, 11) is -1.83. The first-order chi connectivity index (χ1) is 8.47. The second-order valence-corrected chi connectivity index (χ2v) is 6.46. The molecule has 1 heterocycles. The zero-order chi connectivity index (χ0) is 13.2. The third-order valence-corrected chi connectivity index (χ3v) is 4.09. The van der Waals surface area contributed by atoms with Crippen LogP contribution in [-0.4, -0.2) is 18.0 Å². The first kappa shape index (κ1) is 13.3. The number of rotatable bonds is 4. The minimum Gasteiger partial charge on any atom is -0.339 e. The molecule has 2 aromatic rings. The van der Waals surface area contributed by atoms with Crippen molar-refractivity contribution in [3.63, 3.8) is 0 Å². The Balaban J connectivity index is 2.10. The zero-order valence-electron chi connectivity index (χ0n) is 9.67. The van der Waals surface area contributed by atoms with Gasteiger partial charge in [0.05, 0.1) is 6.33 Å². The van der Waals surface area contributed by atoms with E-state index in [1.165, 1.54) is 12.5 Å². The van der Waals surface area contributed by atoms with Crippen LogP contribution in [0.5, 0.6) is 0 Å². The van der Waals surface area contributed by atoms with Crippen molar-refractivity contribution < 1.29 is 8.42 Å². The lowest BCUT2D eigenvalue weighted by Gasteiger charge is -2.04. The van der Waals surface area contributed by atoms with E-state index in [9.17, 15) is 8.42 Å². The molecule has 0 saturated heterocycles. The van der Waals surface area contributed by atoms with Crippen molar-refractivity contribution in [3.8, 4) is 0 Å². The quantitative estimate of drug-likeness (QED) is 0.927. The highest BCUT2D eigenvalue weighted by Crippen LogP contribution is 2.12. The summed E-state index contributed by atoms with van der Waals surface area (Å²) in [6.45, 7) is 0.234. The molecule has 0 radical (unpaired) electrons. The van der Waals surface area contributed by atoms with E-state index in [1.54, 1.807) is 11.6 Å². The monoisotopic (exact) mass is 329 g/mol. The van der Waals surface area contributed by atoms with E-state index in [4.69, 9.17) is 0 Å². The van der Waals surface area contributed by atoms with Gasteiger partial charge >= 0.3 is 0 Å². The number of aromatic nitrogens is 2. The van der Waals surface area contributed by atoms with Gasteiger partial charge in [0.25, 0.3) is 10.0 Å². The number of benzene rings is 1. The average Bonchev–Trinajstić information content (AvgIpc) is 2.74. The van der Waals surface area contributed by atoms with Crippen molar-refractivity contribution in [3.05, 3.63) is 46.8 Å². The van der Waals surface area contributed by atoms with Gasteiger partial charge < -0.3 is 4.57 Å². The van der Waals surface area contributed by atoms with Gasteiger partial charge in [0.15, 0.2) is 5.03 Å². The van der Waals surface area contributed by atoms with Crippen LogP contribution >= 0.6 is 15.9 Å². The van der Waals surface area contributed by atoms with Crippen LogP contribution in [-0.2, 0) is 23.6 Å². The molecular formula is C11H12BrN3O2S. The Hall–Kier alpha value is -1.18. The van der Waals surface area contributed by atoms with Gasteiger partial charge in [-0.05, 0) is 17.7 Å². The largest absolute Gasteiger partial charge is 0.339 e. The third-order valence-electron chi connectivity index (χ3n) is 2.31. The van der Waals surface area contributed by atoms with Gasteiger partial charge in [-0.2, -0.15) is 0 Å². The van der Waals surface area contributed by atoms with Crippen LogP contribution in [0, 0.1) is 0 Å². The first-order valence-electron chi connectivity index (χ1n) is 5.19. The van der Waals surface area contributed by atoms with Crippen molar-refractivity contribution in [2.75, 3.05) is 0 Å². The van der Waals surface area contributed by atoms with Gasteiger partial charge in [-0.3, -0.25) is 0 Å². The van der Waals surface area contributed by atoms with E-state index in [1.807, 2.05) is 24.3 Å². The fraction of sp³-hybridized carbons (Fsp3) is 0.182. The molecule has 0 spiro atoms. The summed E-state index contributed by atoms with van der Waals surface area (Å²) in [6.07, 6.45) is 2.91. The van der Waals surface area contributed by atoms with Gasteiger partial charge in [-0.25, -0.2) is 18.1 Å². The molecule has 0 aliphatic heterocycles. The number of aryl methyl sites for hydroxylation is 1. The van der Waals surface area contributed by atoms with E-state index in [0.29, 0.717) is 0 Å². The van der Waals surface area contributed by atoms with E-state index >= 15 is 0 Å². The van der Waals surface area contributed by atoms with Crippen LogP contribution in [0.3, 0.4) is 0 Å².